The van der Waals surface area contributed by atoms with Crippen LogP contribution < -0.4 is 15.5 Å². The molecule has 3 aromatic rings. The van der Waals surface area contributed by atoms with Gasteiger partial charge in [-0.05, 0) is 61.9 Å². The van der Waals surface area contributed by atoms with Crippen molar-refractivity contribution in [1.29, 1.82) is 0 Å². The molecule has 3 aromatic carbocycles. The molecule has 0 aromatic heterocycles. The Morgan fingerprint density at radius 3 is 2.35 bits per heavy atom. The first-order chi connectivity index (χ1) is 16.2. The SMILES string of the molecule is Cc1ccc(NC(=O)c2cccc(NC3=C(Cl)C(=O)N(c4ccc(Cl)cc4Cl)C3=O)c2)c(C)c1. The number of imide groups is 1. The van der Waals surface area contributed by atoms with Gasteiger partial charge in [-0.1, -0.05) is 58.6 Å². The Balaban J connectivity index is 1.56. The van der Waals surface area contributed by atoms with E-state index in [1.54, 1.807) is 24.3 Å². The maximum absolute atomic E-state index is 13.0. The number of nitrogens with one attached hydrogen (secondary N) is 2. The molecule has 0 atom stereocenters. The second-order valence-corrected chi connectivity index (χ2v) is 8.93. The van der Waals surface area contributed by atoms with Crippen LogP contribution in [0.4, 0.5) is 17.1 Å². The normalized spacial score (nSPS) is 13.5. The van der Waals surface area contributed by atoms with Crippen molar-refractivity contribution >= 4 is 69.6 Å². The van der Waals surface area contributed by atoms with Gasteiger partial charge in [0.15, 0.2) is 0 Å². The molecule has 0 fully saturated rings. The summed E-state index contributed by atoms with van der Waals surface area (Å²) in [6.45, 7) is 3.89. The molecule has 1 aliphatic heterocycles. The summed E-state index contributed by atoms with van der Waals surface area (Å²) in [4.78, 5) is 39.4. The van der Waals surface area contributed by atoms with Gasteiger partial charge in [0.2, 0.25) is 0 Å². The topological polar surface area (TPSA) is 78.5 Å². The van der Waals surface area contributed by atoms with Crippen molar-refractivity contribution in [3.05, 3.63) is 98.1 Å². The maximum atomic E-state index is 13.0. The van der Waals surface area contributed by atoms with Gasteiger partial charge in [0.05, 0.1) is 10.7 Å². The molecule has 0 unspecified atom stereocenters. The number of hydrogen-bond donors (Lipinski definition) is 2. The number of carbonyl (C=O) groups is 3. The first-order valence-electron chi connectivity index (χ1n) is 10.1. The molecule has 0 bridgehead atoms. The van der Waals surface area contributed by atoms with E-state index >= 15 is 0 Å². The third-order valence-electron chi connectivity index (χ3n) is 5.20. The van der Waals surface area contributed by atoms with Crippen molar-refractivity contribution in [2.24, 2.45) is 0 Å². The summed E-state index contributed by atoms with van der Waals surface area (Å²) >= 11 is 18.3. The summed E-state index contributed by atoms with van der Waals surface area (Å²) < 4.78 is 0. The highest BCUT2D eigenvalue weighted by molar-refractivity contribution is 6.54. The van der Waals surface area contributed by atoms with Crippen molar-refractivity contribution in [2.45, 2.75) is 13.8 Å². The quantitative estimate of drug-likeness (QED) is 0.392. The molecule has 1 heterocycles. The van der Waals surface area contributed by atoms with Crippen LogP contribution in [0.1, 0.15) is 21.5 Å². The Morgan fingerprint density at radius 1 is 0.882 bits per heavy atom. The first kappa shape index (κ1) is 23.8. The lowest BCUT2D eigenvalue weighted by Crippen LogP contribution is -2.32. The van der Waals surface area contributed by atoms with Crippen LogP contribution in [0.5, 0.6) is 0 Å². The number of anilines is 3. The standard InChI is InChI=1S/C25H18Cl3N3O3/c1-13-6-8-19(14(2)10-13)30-23(32)15-4-3-5-17(11-15)29-22-21(28)24(33)31(25(22)34)20-9-7-16(26)12-18(20)27/h3-12,29H,1-2H3,(H,30,32). The van der Waals surface area contributed by atoms with E-state index in [9.17, 15) is 14.4 Å². The van der Waals surface area contributed by atoms with Crippen molar-refractivity contribution in [2.75, 3.05) is 15.5 Å². The highest BCUT2D eigenvalue weighted by Gasteiger charge is 2.39. The van der Waals surface area contributed by atoms with Crippen molar-refractivity contribution in [3.8, 4) is 0 Å². The second-order valence-electron chi connectivity index (χ2n) is 7.71. The summed E-state index contributed by atoms with van der Waals surface area (Å²) in [5.74, 6) is -1.72. The minimum Gasteiger partial charge on any atom is -0.350 e. The van der Waals surface area contributed by atoms with Gasteiger partial charge >= 0.3 is 0 Å². The van der Waals surface area contributed by atoms with Crippen LogP contribution in [0.15, 0.2) is 71.4 Å². The lowest BCUT2D eigenvalue weighted by atomic mass is 10.1. The van der Waals surface area contributed by atoms with E-state index in [1.807, 2.05) is 32.0 Å². The van der Waals surface area contributed by atoms with E-state index in [-0.39, 0.29) is 27.3 Å². The number of amides is 3. The Bertz CT molecular complexity index is 1380. The van der Waals surface area contributed by atoms with Crippen LogP contribution in [0, 0.1) is 13.8 Å². The summed E-state index contributed by atoms with van der Waals surface area (Å²) in [5.41, 5.74) is 3.55. The van der Waals surface area contributed by atoms with Crippen LogP contribution in [0.2, 0.25) is 10.0 Å². The molecule has 3 amide bonds. The van der Waals surface area contributed by atoms with Gasteiger partial charge in [0.1, 0.15) is 10.7 Å². The van der Waals surface area contributed by atoms with Gasteiger partial charge in [0.25, 0.3) is 17.7 Å². The average molecular weight is 515 g/mol. The van der Waals surface area contributed by atoms with E-state index in [4.69, 9.17) is 34.8 Å². The van der Waals surface area contributed by atoms with Gasteiger partial charge in [0, 0.05) is 22.0 Å². The molecule has 0 spiro atoms. The van der Waals surface area contributed by atoms with Gasteiger partial charge in [-0.3, -0.25) is 14.4 Å². The van der Waals surface area contributed by atoms with Crippen LogP contribution in [-0.2, 0) is 9.59 Å². The third kappa shape index (κ3) is 4.66. The molecule has 34 heavy (non-hydrogen) atoms. The van der Waals surface area contributed by atoms with E-state index in [1.165, 1.54) is 18.2 Å². The molecule has 1 aliphatic rings. The molecular formula is C25H18Cl3N3O3. The predicted octanol–water partition coefficient (Wildman–Crippen LogP) is 6.30. The molecule has 0 radical (unpaired) electrons. The summed E-state index contributed by atoms with van der Waals surface area (Å²) in [6, 6.07) is 16.6. The van der Waals surface area contributed by atoms with Crippen LogP contribution in [0.3, 0.4) is 0 Å². The Morgan fingerprint density at radius 2 is 1.65 bits per heavy atom. The molecule has 9 heteroatoms. The number of nitrogens with zero attached hydrogens (tertiary/aromatic N) is 1. The number of carbonyl (C=O) groups excluding carboxylic acids is 3. The van der Waals surface area contributed by atoms with E-state index in [0.29, 0.717) is 22.0 Å². The fraction of sp³-hybridized carbons (Fsp3) is 0.0800. The minimum atomic E-state index is -0.720. The molecule has 0 saturated carbocycles. The third-order valence-corrected chi connectivity index (χ3v) is 6.09. The van der Waals surface area contributed by atoms with Gasteiger partial charge in [-0.25, -0.2) is 4.90 Å². The number of hydrogen-bond acceptors (Lipinski definition) is 4. The highest BCUT2D eigenvalue weighted by atomic mass is 35.5. The fourth-order valence-corrected chi connectivity index (χ4v) is 4.23. The smallest absolute Gasteiger partial charge is 0.283 e. The lowest BCUT2D eigenvalue weighted by molar-refractivity contribution is -0.120. The molecule has 6 nitrogen and oxygen atoms in total. The van der Waals surface area contributed by atoms with E-state index < -0.39 is 11.8 Å². The Hall–Kier alpha value is -3.32. The zero-order valence-corrected chi connectivity index (χ0v) is 20.3. The second kappa shape index (κ2) is 9.50. The Kier molecular flexibility index (Phi) is 6.66. The molecule has 0 saturated heterocycles. The van der Waals surface area contributed by atoms with Gasteiger partial charge in [-0.2, -0.15) is 0 Å². The molecular weight excluding hydrogens is 497 g/mol. The number of aryl methyl sites for hydroxylation is 2. The Labute approximate surface area is 211 Å². The number of halogens is 3. The summed E-state index contributed by atoms with van der Waals surface area (Å²) in [6.07, 6.45) is 0. The van der Waals surface area contributed by atoms with Gasteiger partial charge in [-0.15, -0.1) is 0 Å². The highest BCUT2D eigenvalue weighted by Crippen LogP contribution is 2.35. The fourth-order valence-electron chi connectivity index (χ4n) is 3.52. The lowest BCUT2D eigenvalue weighted by Gasteiger charge is -2.17. The largest absolute Gasteiger partial charge is 0.350 e. The summed E-state index contributed by atoms with van der Waals surface area (Å²) in [5, 5.41) is 5.95. The number of rotatable bonds is 5. The molecule has 172 valence electrons. The van der Waals surface area contributed by atoms with Crippen molar-refractivity contribution in [1.82, 2.24) is 0 Å². The zero-order valence-electron chi connectivity index (χ0n) is 18.1. The van der Waals surface area contributed by atoms with Crippen molar-refractivity contribution in [3.63, 3.8) is 0 Å². The van der Waals surface area contributed by atoms with Gasteiger partial charge < -0.3 is 10.6 Å². The van der Waals surface area contributed by atoms with Crippen LogP contribution in [-0.4, -0.2) is 17.7 Å². The molecule has 0 aliphatic carbocycles. The van der Waals surface area contributed by atoms with E-state index in [0.717, 1.165) is 16.0 Å². The van der Waals surface area contributed by atoms with Crippen LogP contribution in [0.25, 0.3) is 0 Å². The monoisotopic (exact) mass is 513 g/mol. The van der Waals surface area contributed by atoms with E-state index in [2.05, 4.69) is 10.6 Å². The minimum absolute atomic E-state index is 0.121. The molecule has 4 rings (SSSR count). The summed E-state index contributed by atoms with van der Waals surface area (Å²) in [7, 11) is 0. The van der Waals surface area contributed by atoms with Crippen molar-refractivity contribution < 1.29 is 14.4 Å². The first-order valence-corrected chi connectivity index (χ1v) is 11.3. The zero-order chi connectivity index (χ0) is 24.6. The maximum Gasteiger partial charge on any atom is 0.283 e. The average Bonchev–Trinajstić information content (AvgIpc) is 2.99. The molecule has 2 N–H and O–H groups in total. The van der Waals surface area contributed by atoms with Crippen LogP contribution >= 0.6 is 34.8 Å². The number of benzene rings is 3. The predicted molar refractivity (Wildman–Crippen MR) is 136 cm³/mol.